The summed E-state index contributed by atoms with van der Waals surface area (Å²) >= 11 is 0. The summed E-state index contributed by atoms with van der Waals surface area (Å²) in [6.07, 6.45) is 1.63. The predicted octanol–water partition coefficient (Wildman–Crippen LogP) is 2.49. The Bertz CT molecular complexity index is 1070. The molecule has 1 aliphatic heterocycles. The topological polar surface area (TPSA) is 106 Å². The van der Waals surface area contributed by atoms with E-state index in [-0.39, 0.29) is 23.8 Å². The number of hydrogen-bond donors (Lipinski definition) is 2. The molecule has 1 fully saturated rings. The molecular formula is C27H35N3O6. The highest BCUT2D eigenvalue weighted by Crippen LogP contribution is 2.38. The number of methoxy groups -OCH3 is 3. The van der Waals surface area contributed by atoms with Gasteiger partial charge in [0, 0.05) is 38.0 Å². The van der Waals surface area contributed by atoms with Crippen LogP contribution in [0.3, 0.4) is 0 Å². The Labute approximate surface area is 212 Å². The summed E-state index contributed by atoms with van der Waals surface area (Å²) in [5.41, 5.74) is 2.52. The van der Waals surface area contributed by atoms with Gasteiger partial charge in [0.25, 0.3) is 5.91 Å². The zero-order valence-corrected chi connectivity index (χ0v) is 21.6. The summed E-state index contributed by atoms with van der Waals surface area (Å²) in [7, 11) is 4.53. The normalized spacial score (nSPS) is 14.5. The van der Waals surface area contributed by atoms with Crippen molar-refractivity contribution in [2.75, 3.05) is 34.4 Å². The molecule has 2 aromatic rings. The minimum absolute atomic E-state index is 0.0877. The van der Waals surface area contributed by atoms with E-state index in [1.165, 1.54) is 28.3 Å². The molecule has 2 aromatic carbocycles. The molecule has 0 bridgehead atoms. The van der Waals surface area contributed by atoms with Gasteiger partial charge in [-0.05, 0) is 37.5 Å². The average molecular weight is 498 g/mol. The number of carbonyl (C=O) groups is 3. The van der Waals surface area contributed by atoms with Crippen LogP contribution in [-0.4, -0.2) is 69.1 Å². The van der Waals surface area contributed by atoms with Crippen LogP contribution in [0.5, 0.6) is 17.2 Å². The minimum Gasteiger partial charge on any atom is -0.493 e. The summed E-state index contributed by atoms with van der Waals surface area (Å²) in [5, 5.41) is 5.83. The molecule has 2 N–H and O–H groups in total. The predicted molar refractivity (Wildman–Crippen MR) is 136 cm³/mol. The maximum Gasteiger partial charge on any atom is 0.254 e. The monoisotopic (exact) mass is 497 g/mol. The Balaban J connectivity index is 1.62. The number of nitrogens with zero attached hydrogens (tertiary/aromatic N) is 1. The summed E-state index contributed by atoms with van der Waals surface area (Å²) in [6.45, 7) is 4.38. The number of piperidine rings is 1. The molecular weight excluding hydrogens is 462 g/mol. The highest BCUT2D eigenvalue weighted by Gasteiger charge is 2.28. The number of nitrogens with one attached hydrogen (secondary N) is 2. The van der Waals surface area contributed by atoms with Gasteiger partial charge in [-0.2, -0.15) is 0 Å². The van der Waals surface area contributed by atoms with Crippen LogP contribution >= 0.6 is 0 Å². The first kappa shape index (κ1) is 26.8. The van der Waals surface area contributed by atoms with Gasteiger partial charge < -0.3 is 29.7 Å². The number of likely N-dealkylation sites (tertiary alicyclic amines) is 1. The van der Waals surface area contributed by atoms with Gasteiger partial charge >= 0.3 is 0 Å². The van der Waals surface area contributed by atoms with Crippen LogP contribution in [-0.2, 0) is 16.0 Å². The van der Waals surface area contributed by atoms with Crippen LogP contribution < -0.4 is 24.8 Å². The van der Waals surface area contributed by atoms with E-state index in [0.29, 0.717) is 55.2 Å². The maximum atomic E-state index is 13.2. The molecule has 9 heteroatoms. The zero-order valence-electron chi connectivity index (χ0n) is 21.6. The highest BCUT2D eigenvalue weighted by molar-refractivity contribution is 5.95. The summed E-state index contributed by atoms with van der Waals surface area (Å²) < 4.78 is 16.1. The number of hydrogen-bond acceptors (Lipinski definition) is 6. The lowest BCUT2D eigenvalue weighted by Crippen LogP contribution is -2.53. The van der Waals surface area contributed by atoms with Gasteiger partial charge in [0.05, 0.1) is 21.3 Å². The van der Waals surface area contributed by atoms with Gasteiger partial charge in [0.15, 0.2) is 11.5 Å². The second-order valence-electron chi connectivity index (χ2n) is 8.94. The number of aryl methyl sites for hydroxylation is 1. The van der Waals surface area contributed by atoms with E-state index in [4.69, 9.17) is 14.2 Å². The van der Waals surface area contributed by atoms with Crippen molar-refractivity contribution in [2.24, 2.45) is 0 Å². The molecule has 194 valence electrons. The second kappa shape index (κ2) is 12.3. The van der Waals surface area contributed by atoms with Gasteiger partial charge in [-0.15, -0.1) is 0 Å². The average Bonchev–Trinajstić information content (AvgIpc) is 2.87. The smallest absolute Gasteiger partial charge is 0.254 e. The van der Waals surface area contributed by atoms with Crippen molar-refractivity contribution in [3.8, 4) is 17.2 Å². The fourth-order valence-electron chi connectivity index (χ4n) is 4.45. The third-order valence-corrected chi connectivity index (χ3v) is 6.26. The molecule has 0 aliphatic carbocycles. The highest BCUT2D eigenvalue weighted by atomic mass is 16.5. The number of ether oxygens (including phenoxy) is 3. The molecule has 1 heterocycles. The zero-order chi connectivity index (χ0) is 26.2. The van der Waals surface area contributed by atoms with E-state index < -0.39 is 6.04 Å². The number of rotatable bonds is 9. The largest absolute Gasteiger partial charge is 0.493 e. The van der Waals surface area contributed by atoms with Crippen LogP contribution in [0, 0.1) is 6.92 Å². The number of amides is 3. The van der Waals surface area contributed by atoms with Gasteiger partial charge in [-0.25, -0.2) is 0 Å². The van der Waals surface area contributed by atoms with Gasteiger partial charge in [0.1, 0.15) is 6.04 Å². The van der Waals surface area contributed by atoms with E-state index in [9.17, 15) is 14.4 Å². The van der Waals surface area contributed by atoms with E-state index in [0.717, 1.165) is 11.1 Å². The molecule has 1 saturated heterocycles. The first-order chi connectivity index (χ1) is 17.2. The molecule has 36 heavy (non-hydrogen) atoms. The standard InChI is InChI=1S/C27H35N3O6/c1-17-7-6-8-19(13-17)14-22(28-18(2)31)26(32)29-21-9-11-30(12-10-21)27(33)20-15-23(34-3)25(36-5)24(16-20)35-4/h6-8,13,15-16,21-22H,9-12,14H2,1-5H3,(H,28,31)(H,29,32)/t22-/m0/s1. The van der Waals surface area contributed by atoms with Crippen LogP contribution in [0.4, 0.5) is 0 Å². The third kappa shape index (κ3) is 6.68. The van der Waals surface area contributed by atoms with E-state index >= 15 is 0 Å². The maximum absolute atomic E-state index is 13.2. The number of carbonyl (C=O) groups excluding carboxylic acids is 3. The van der Waals surface area contributed by atoms with Crippen molar-refractivity contribution in [1.29, 1.82) is 0 Å². The molecule has 0 spiro atoms. The molecule has 0 saturated carbocycles. The molecule has 3 amide bonds. The van der Waals surface area contributed by atoms with Gasteiger partial charge in [-0.3, -0.25) is 14.4 Å². The van der Waals surface area contributed by atoms with Crippen molar-refractivity contribution in [3.63, 3.8) is 0 Å². The van der Waals surface area contributed by atoms with Crippen molar-refractivity contribution >= 4 is 17.7 Å². The van der Waals surface area contributed by atoms with Gasteiger partial charge in [0.2, 0.25) is 17.6 Å². The first-order valence-corrected chi connectivity index (χ1v) is 12.0. The van der Waals surface area contributed by atoms with Crippen LogP contribution in [0.1, 0.15) is 41.3 Å². The number of benzene rings is 2. The SMILES string of the molecule is COc1cc(C(=O)N2CCC(NC(=O)[C@H](Cc3cccc(C)c3)NC(C)=O)CC2)cc(OC)c1OC. The summed E-state index contributed by atoms with van der Waals surface area (Å²) in [5.74, 6) is 0.640. The molecule has 0 aromatic heterocycles. The Morgan fingerprint density at radius 1 is 1.00 bits per heavy atom. The van der Waals surface area contributed by atoms with Gasteiger partial charge in [-0.1, -0.05) is 29.8 Å². The van der Waals surface area contributed by atoms with Crippen molar-refractivity contribution in [1.82, 2.24) is 15.5 Å². The minimum atomic E-state index is -0.664. The third-order valence-electron chi connectivity index (χ3n) is 6.26. The second-order valence-corrected chi connectivity index (χ2v) is 8.94. The quantitative estimate of drug-likeness (QED) is 0.552. The van der Waals surface area contributed by atoms with Crippen LogP contribution in [0.2, 0.25) is 0 Å². The van der Waals surface area contributed by atoms with Crippen molar-refractivity contribution in [3.05, 3.63) is 53.1 Å². The van der Waals surface area contributed by atoms with E-state index in [1.54, 1.807) is 17.0 Å². The van der Waals surface area contributed by atoms with E-state index in [1.807, 2.05) is 31.2 Å². The van der Waals surface area contributed by atoms with E-state index in [2.05, 4.69) is 10.6 Å². The lowest BCUT2D eigenvalue weighted by atomic mass is 10.0. The van der Waals surface area contributed by atoms with Crippen molar-refractivity contribution < 1.29 is 28.6 Å². The first-order valence-electron chi connectivity index (χ1n) is 12.0. The Morgan fingerprint density at radius 2 is 1.64 bits per heavy atom. The Morgan fingerprint density at radius 3 is 2.17 bits per heavy atom. The molecule has 9 nitrogen and oxygen atoms in total. The Hall–Kier alpha value is -3.75. The van der Waals surface area contributed by atoms with Crippen molar-refractivity contribution in [2.45, 2.75) is 45.2 Å². The molecule has 0 radical (unpaired) electrons. The molecule has 1 atom stereocenters. The van der Waals surface area contributed by atoms with Crippen LogP contribution in [0.25, 0.3) is 0 Å². The van der Waals surface area contributed by atoms with Crippen LogP contribution in [0.15, 0.2) is 36.4 Å². The molecule has 0 unspecified atom stereocenters. The fraction of sp³-hybridized carbons (Fsp3) is 0.444. The fourth-order valence-corrected chi connectivity index (χ4v) is 4.45. The molecule has 3 rings (SSSR count). The molecule has 1 aliphatic rings. The lowest BCUT2D eigenvalue weighted by Gasteiger charge is -2.33. The lowest BCUT2D eigenvalue weighted by molar-refractivity contribution is -0.128. The summed E-state index contributed by atoms with van der Waals surface area (Å²) in [6, 6.07) is 10.4. The Kier molecular flexibility index (Phi) is 9.16. The summed E-state index contributed by atoms with van der Waals surface area (Å²) in [4.78, 5) is 39.7.